The van der Waals surface area contributed by atoms with Crippen LogP contribution in [-0.2, 0) is 4.74 Å². The summed E-state index contributed by atoms with van der Waals surface area (Å²) in [4.78, 5) is 48.2. The predicted molar refractivity (Wildman–Crippen MR) is 151 cm³/mol. The SMILES string of the molecule is CC(C)(C)OC(=O)N1CCCC(NC(=O)c2sc3nccc4c3c2NC(=O)N4c2ccc3sccc3c2)C1. The number of rotatable bonds is 3. The Kier molecular flexibility index (Phi) is 5.99. The smallest absolute Gasteiger partial charge is 0.410 e. The van der Waals surface area contributed by atoms with E-state index in [1.807, 2.05) is 50.4 Å². The Hall–Kier alpha value is -3.70. The van der Waals surface area contributed by atoms with Crippen molar-refractivity contribution in [3.63, 3.8) is 0 Å². The fourth-order valence-electron chi connectivity index (χ4n) is 4.93. The fourth-order valence-corrected chi connectivity index (χ4v) is 6.73. The fraction of sp³-hybridized carbons (Fsp3) is 0.333. The van der Waals surface area contributed by atoms with E-state index in [0.717, 1.165) is 34.0 Å². The lowest BCUT2D eigenvalue weighted by molar-refractivity contribution is 0.0185. The van der Waals surface area contributed by atoms with Gasteiger partial charge in [0.25, 0.3) is 5.91 Å². The molecule has 1 unspecified atom stereocenters. The Morgan fingerprint density at radius 2 is 2.05 bits per heavy atom. The second kappa shape index (κ2) is 9.25. The zero-order valence-electron chi connectivity index (χ0n) is 21.2. The van der Waals surface area contributed by atoms with Crippen LogP contribution in [0, 0.1) is 0 Å². The van der Waals surface area contributed by atoms with Crippen LogP contribution < -0.4 is 15.5 Å². The predicted octanol–water partition coefficient (Wildman–Crippen LogP) is 6.32. The van der Waals surface area contributed by atoms with E-state index >= 15 is 0 Å². The van der Waals surface area contributed by atoms with E-state index in [-0.39, 0.29) is 24.1 Å². The van der Waals surface area contributed by atoms with Crippen molar-refractivity contribution in [2.75, 3.05) is 23.3 Å². The maximum absolute atomic E-state index is 13.5. The third kappa shape index (κ3) is 4.45. The molecule has 0 spiro atoms. The number of likely N-dealkylation sites (tertiary alicyclic amines) is 1. The number of carbonyl (C=O) groups excluding carboxylic acids is 3. The van der Waals surface area contributed by atoms with Crippen LogP contribution in [0.2, 0.25) is 0 Å². The molecule has 0 bridgehead atoms. The Morgan fingerprint density at radius 1 is 1.21 bits per heavy atom. The van der Waals surface area contributed by atoms with Crippen molar-refractivity contribution < 1.29 is 19.1 Å². The summed E-state index contributed by atoms with van der Waals surface area (Å²) in [5.41, 5.74) is 1.32. The van der Waals surface area contributed by atoms with Gasteiger partial charge in [0.2, 0.25) is 0 Å². The molecular formula is C27H27N5O4S2. The number of nitrogens with one attached hydrogen (secondary N) is 2. The number of anilines is 3. The first-order valence-corrected chi connectivity index (χ1v) is 14.2. The van der Waals surface area contributed by atoms with Crippen LogP contribution in [0.5, 0.6) is 0 Å². The van der Waals surface area contributed by atoms with Gasteiger partial charge in [-0.25, -0.2) is 14.6 Å². The van der Waals surface area contributed by atoms with Gasteiger partial charge < -0.3 is 20.3 Å². The molecule has 0 saturated carbocycles. The molecule has 3 aromatic heterocycles. The molecule has 11 heteroatoms. The van der Waals surface area contributed by atoms with Crippen molar-refractivity contribution in [1.29, 1.82) is 0 Å². The van der Waals surface area contributed by atoms with Crippen LogP contribution in [-0.4, -0.2) is 52.6 Å². The van der Waals surface area contributed by atoms with Gasteiger partial charge >= 0.3 is 12.1 Å². The number of pyridine rings is 1. The van der Waals surface area contributed by atoms with Gasteiger partial charge in [0.05, 0.1) is 22.4 Å². The van der Waals surface area contributed by atoms with Crippen LogP contribution in [0.25, 0.3) is 20.3 Å². The third-order valence-corrected chi connectivity index (χ3v) is 8.55. The topological polar surface area (TPSA) is 104 Å². The first-order chi connectivity index (χ1) is 18.2. The normalized spacial score (nSPS) is 17.6. The third-order valence-electron chi connectivity index (χ3n) is 6.55. The second-order valence-corrected chi connectivity index (χ2v) is 12.4. The number of piperidine rings is 1. The van der Waals surface area contributed by atoms with E-state index in [1.165, 1.54) is 11.3 Å². The molecule has 2 N–H and O–H groups in total. The molecular weight excluding hydrogens is 522 g/mol. The number of fused-ring (bicyclic) bond motifs is 1. The van der Waals surface area contributed by atoms with Crippen molar-refractivity contribution in [3.05, 3.63) is 46.8 Å². The van der Waals surface area contributed by atoms with E-state index < -0.39 is 5.60 Å². The zero-order valence-corrected chi connectivity index (χ0v) is 22.9. The van der Waals surface area contributed by atoms with Gasteiger partial charge in [-0.05, 0) is 74.7 Å². The molecule has 1 saturated heterocycles. The number of hydrogen-bond donors (Lipinski definition) is 2. The van der Waals surface area contributed by atoms with Crippen LogP contribution in [0.3, 0.4) is 0 Å². The molecule has 1 atom stereocenters. The van der Waals surface area contributed by atoms with Crippen molar-refractivity contribution in [3.8, 4) is 0 Å². The summed E-state index contributed by atoms with van der Waals surface area (Å²) in [5, 5.41) is 9.85. The summed E-state index contributed by atoms with van der Waals surface area (Å²) < 4.78 is 6.65. The molecule has 4 aromatic rings. The van der Waals surface area contributed by atoms with Gasteiger partial charge in [-0.15, -0.1) is 22.7 Å². The molecule has 5 heterocycles. The Morgan fingerprint density at radius 3 is 2.87 bits per heavy atom. The van der Waals surface area contributed by atoms with Crippen LogP contribution >= 0.6 is 22.7 Å². The highest BCUT2D eigenvalue weighted by molar-refractivity contribution is 7.21. The summed E-state index contributed by atoms with van der Waals surface area (Å²) in [6, 6.07) is 9.20. The van der Waals surface area contributed by atoms with E-state index in [2.05, 4.69) is 15.6 Å². The van der Waals surface area contributed by atoms with Gasteiger partial charge in [-0.1, -0.05) is 0 Å². The van der Waals surface area contributed by atoms with Crippen molar-refractivity contribution in [2.24, 2.45) is 0 Å². The van der Waals surface area contributed by atoms with Gasteiger partial charge in [0.1, 0.15) is 15.3 Å². The van der Waals surface area contributed by atoms with E-state index in [4.69, 9.17) is 4.74 Å². The molecule has 9 nitrogen and oxygen atoms in total. The minimum Gasteiger partial charge on any atom is -0.444 e. The lowest BCUT2D eigenvalue weighted by atomic mass is 10.1. The molecule has 1 aromatic carbocycles. The highest BCUT2D eigenvalue weighted by Gasteiger charge is 2.34. The van der Waals surface area contributed by atoms with Gasteiger partial charge in [-0.2, -0.15) is 0 Å². The first-order valence-electron chi connectivity index (χ1n) is 12.5. The van der Waals surface area contributed by atoms with E-state index in [1.54, 1.807) is 33.4 Å². The number of hydrogen-bond acceptors (Lipinski definition) is 7. The molecule has 0 aliphatic carbocycles. The molecule has 38 heavy (non-hydrogen) atoms. The Balaban J connectivity index is 1.27. The lowest BCUT2D eigenvalue weighted by Crippen LogP contribution is -2.50. The van der Waals surface area contributed by atoms with Gasteiger partial charge in [0.15, 0.2) is 0 Å². The number of aromatic nitrogens is 1. The van der Waals surface area contributed by atoms with Crippen molar-refractivity contribution in [2.45, 2.75) is 45.3 Å². The van der Waals surface area contributed by atoms with Crippen LogP contribution in [0.15, 0.2) is 41.9 Å². The summed E-state index contributed by atoms with van der Waals surface area (Å²) in [5.74, 6) is -0.293. The standard InChI is InChI=1S/C27H27N5O4S2/c1-27(2,3)36-26(35)31-11-4-5-16(14-31)29-23(33)22-21-20-18(8-10-28-24(20)38-22)32(25(34)30-21)17-6-7-19-15(13-17)9-12-37-19/h6-10,12-13,16H,4-5,11,14H2,1-3H3,(H,29,33)(H,30,34). The quantitative estimate of drug-likeness (QED) is 0.311. The van der Waals surface area contributed by atoms with Gasteiger partial charge in [-0.3, -0.25) is 9.69 Å². The summed E-state index contributed by atoms with van der Waals surface area (Å²) >= 11 is 2.90. The molecule has 6 rings (SSSR count). The highest BCUT2D eigenvalue weighted by Crippen LogP contribution is 2.46. The summed E-state index contributed by atoms with van der Waals surface area (Å²) in [7, 11) is 0. The molecule has 1 fully saturated rings. The average Bonchev–Trinajstić information content (AvgIpc) is 3.48. The molecule has 196 valence electrons. The van der Waals surface area contributed by atoms with Crippen LogP contribution in [0.1, 0.15) is 43.3 Å². The minimum atomic E-state index is -0.584. The highest BCUT2D eigenvalue weighted by atomic mass is 32.1. The number of amides is 4. The van der Waals surface area contributed by atoms with Crippen molar-refractivity contribution in [1.82, 2.24) is 15.2 Å². The largest absolute Gasteiger partial charge is 0.444 e. The van der Waals surface area contributed by atoms with Crippen LogP contribution in [0.4, 0.5) is 26.7 Å². The minimum absolute atomic E-state index is 0.221. The van der Waals surface area contributed by atoms with E-state index in [9.17, 15) is 14.4 Å². The molecule has 2 aliphatic heterocycles. The maximum atomic E-state index is 13.5. The average molecular weight is 550 g/mol. The number of benzene rings is 1. The zero-order chi connectivity index (χ0) is 26.6. The van der Waals surface area contributed by atoms with E-state index in [0.29, 0.717) is 34.2 Å². The lowest BCUT2D eigenvalue weighted by Gasteiger charge is -2.34. The Labute approximate surface area is 227 Å². The second-order valence-electron chi connectivity index (χ2n) is 10.5. The van der Waals surface area contributed by atoms with Gasteiger partial charge in [0, 0.05) is 30.0 Å². The maximum Gasteiger partial charge on any atom is 0.410 e. The number of urea groups is 1. The number of nitrogens with zero attached hydrogens (tertiary/aromatic N) is 3. The monoisotopic (exact) mass is 549 g/mol. The number of ether oxygens (including phenoxy) is 1. The molecule has 0 radical (unpaired) electrons. The Bertz CT molecular complexity index is 1590. The van der Waals surface area contributed by atoms with Crippen molar-refractivity contribution >= 4 is 78.1 Å². The summed E-state index contributed by atoms with van der Waals surface area (Å²) in [6.45, 7) is 6.46. The molecule has 2 aliphatic rings. The number of carbonyl (C=O) groups is 3. The number of thiophene rings is 2. The first kappa shape index (κ1) is 24.6. The summed E-state index contributed by atoms with van der Waals surface area (Å²) in [6.07, 6.45) is 2.79. The molecule has 4 amide bonds.